The lowest BCUT2D eigenvalue weighted by molar-refractivity contribution is 0.0603. The van der Waals surface area contributed by atoms with E-state index in [9.17, 15) is 9.59 Å². The fourth-order valence-corrected chi connectivity index (χ4v) is 2.68. The maximum absolute atomic E-state index is 12.6. The van der Waals surface area contributed by atoms with Crippen LogP contribution in [0.5, 0.6) is 0 Å². The monoisotopic (exact) mass is 307 g/mol. The minimum absolute atomic E-state index is 0.0415. The zero-order valence-electron chi connectivity index (χ0n) is 12.9. The van der Waals surface area contributed by atoms with E-state index >= 15 is 0 Å². The molecule has 0 unspecified atom stereocenters. The first-order chi connectivity index (χ1) is 11.2. The fraction of sp³-hybridized carbons (Fsp3) is 0.158. The zero-order chi connectivity index (χ0) is 16.2. The van der Waals surface area contributed by atoms with Crippen molar-refractivity contribution < 1.29 is 14.3 Å². The second-order valence-corrected chi connectivity index (χ2v) is 5.30. The average Bonchev–Trinajstić information content (AvgIpc) is 3.00. The number of nitrogens with zero attached hydrogens (tertiary/aromatic N) is 1. The molecule has 116 valence electrons. The zero-order valence-corrected chi connectivity index (χ0v) is 12.9. The van der Waals surface area contributed by atoms with Crippen molar-refractivity contribution in [1.29, 1.82) is 0 Å². The van der Waals surface area contributed by atoms with Crippen LogP contribution in [0.3, 0.4) is 0 Å². The van der Waals surface area contributed by atoms with E-state index in [2.05, 4.69) is 0 Å². The Labute approximate surface area is 134 Å². The summed E-state index contributed by atoms with van der Waals surface area (Å²) in [5, 5.41) is 0.729. The summed E-state index contributed by atoms with van der Waals surface area (Å²) in [7, 11) is 1.34. The predicted octanol–water partition coefficient (Wildman–Crippen LogP) is 3.70. The van der Waals surface area contributed by atoms with Crippen LogP contribution in [0.2, 0.25) is 0 Å². The standard InChI is InChI=1S/C19H17NO3/c1-23-19(22)16-13-20(17-10-6-5-9-15(16)17)18(21)12-11-14-7-3-2-4-8-14/h2-10,13H,11-12H2,1H3. The summed E-state index contributed by atoms with van der Waals surface area (Å²) < 4.78 is 6.35. The van der Waals surface area contributed by atoms with Gasteiger partial charge in [0.15, 0.2) is 0 Å². The van der Waals surface area contributed by atoms with E-state index in [0.29, 0.717) is 18.4 Å². The van der Waals surface area contributed by atoms with Gasteiger partial charge in [0.1, 0.15) is 0 Å². The van der Waals surface area contributed by atoms with Gasteiger partial charge in [0.25, 0.3) is 0 Å². The van der Waals surface area contributed by atoms with E-state index in [4.69, 9.17) is 4.74 Å². The summed E-state index contributed by atoms with van der Waals surface area (Å²) in [6.07, 6.45) is 2.62. The van der Waals surface area contributed by atoms with Gasteiger partial charge in [-0.25, -0.2) is 4.79 Å². The Morgan fingerprint density at radius 1 is 1.00 bits per heavy atom. The Kier molecular flexibility index (Phi) is 4.24. The molecule has 2 aromatic carbocycles. The summed E-state index contributed by atoms with van der Waals surface area (Å²) in [6.45, 7) is 0. The molecule has 1 aromatic heterocycles. The van der Waals surface area contributed by atoms with Crippen LogP contribution in [0, 0.1) is 0 Å². The number of para-hydroxylation sites is 1. The number of rotatable bonds is 4. The lowest BCUT2D eigenvalue weighted by Gasteiger charge is -2.04. The second kappa shape index (κ2) is 6.48. The number of benzene rings is 2. The number of esters is 1. The third-order valence-corrected chi connectivity index (χ3v) is 3.86. The fourth-order valence-electron chi connectivity index (χ4n) is 2.68. The first-order valence-corrected chi connectivity index (χ1v) is 7.46. The number of carbonyl (C=O) groups excluding carboxylic acids is 2. The summed E-state index contributed by atoms with van der Waals surface area (Å²) >= 11 is 0. The molecule has 3 aromatic rings. The minimum Gasteiger partial charge on any atom is -0.465 e. The van der Waals surface area contributed by atoms with Crippen LogP contribution < -0.4 is 0 Å². The van der Waals surface area contributed by atoms with E-state index in [1.54, 1.807) is 10.8 Å². The molecule has 0 aliphatic heterocycles. The van der Waals surface area contributed by atoms with E-state index in [0.717, 1.165) is 16.5 Å². The highest BCUT2D eigenvalue weighted by Crippen LogP contribution is 2.22. The topological polar surface area (TPSA) is 48.3 Å². The molecule has 0 atom stereocenters. The van der Waals surface area contributed by atoms with Crippen molar-refractivity contribution in [3.63, 3.8) is 0 Å². The maximum Gasteiger partial charge on any atom is 0.340 e. The van der Waals surface area contributed by atoms with Crippen molar-refractivity contribution in [1.82, 2.24) is 4.57 Å². The lowest BCUT2D eigenvalue weighted by Crippen LogP contribution is -2.10. The van der Waals surface area contributed by atoms with Gasteiger partial charge >= 0.3 is 5.97 Å². The minimum atomic E-state index is -0.434. The van der Waals surface area contributed by atoms with Gasteiger partial charge in [0, 0.05) is 18.0 Å². The molecular weight excluding hydrogens is 290 g/mol. The van der Waals surface area contributed by atoms with Gasteiger partial charge in [-0.15, -0.1) is 0 Å². The Balaban J connectivity index is 1.90. The number of carbonyl (C=O) groups is 2. The summed E-state index contributed by atoms with van der Waals surface area (Å²) in [4.78, 5) is 24.5. The molecule has 0 saturated carbocycles. The van der Waals surface area contributed by atoms with Crippen molar-refractivity contribution in [3.8, 4) is 0 Å². The van der Waals surface area contributed by atoms with Crippen LogP contribution in [-0.2, 0) is 11.2 Å². The number of fused-ring (bicyclic) bond motifs is 1. The average molecular weight is 307 g/mol. The molecule has 4 heteroatoms. The maximum atomic E-state index is 12.6. The van der Waals surface area contributed by atoms with Crippen LogP contribution in [0.1, 0.15) is 27.1 Å². The van der Waals surface area contributed by atoms with E-state index in [1.807, 2.05) is 54.6 Å². The number of methoxy groups -OCH3 is 1. The van der Waals surface area contributed by atoms with Crippen LogP contribution in [0.15, 0.2) is 60.8 Å². The van der Waals surface area contributed by atoms with Crippen LogP contribution >= 0.6 is 0 Å². The molecule has 1 heterocycles. The Morgan fingerprint density at radius 3 is 2.43 bits per heavy atom. The third kappa shape index (κ3) is 3.01. The molecule has 3 rings (SSSR count). The first kappa shape index (κ1) is 15.0. The van der Waals surface area contributed by atoms with Gasteiger partial charge in [0.2, 0.25) is 5.91 Å². The van der Waals surface area contributed by atoms with Crippen molar-refractivity contribution in [2.75, 3.05) is 7.11 Å². The van der Waals surface area contributed by atoms with Gasteiger partial charge < -0.3 is 4.74 Å². The molecule has 0 saturated heterocycles. The van der Waals surface area contributed by atoms with Crippen molar-refractivity contribution in [3.05, 3.63) is 71.9 Å². The largest absolute Gasteiger partial charge is 0.465 e. The molecule has 0 radical (unpaired) electrons. The highest BCUT2D eigenvalue weighted by atomic mass is 16.5. The third-order valence-electron chi connectivity index (χ3n) is 3.86. The van der Waals surface area contributed by atoms with Crippen molar-refractivity contribution in [2.45, 2.75) is 12.8 Å². The smallest absolute Gasteiger partial charge is 0.340 e. The van der Waals surface area contributed by atoms with Crippen LogP contribution in [0.4, 0.5) is 0 Å². The summed E-state index contributed by atoms with van der Waals surface area (Å²) in [5.74, 6) is -0.476. The summed E-state index contributed by atoms with van der Waals surface area (Å²) in [5.41, 5.74) is 2.26. The summed E-state index contributed by atoms with van der Waals surface area (Å²) in [6, 6.07) is 17.2. The molecule has 0 amide bonds. The predicted molar refractivity (Wildman–Crippen MR) is 88.7 cm³/mol. The molecule has 0 bridgehead atoms. The van der Waals surface area contributed by atoms with Crippen LogP contribution in [-0.4, -0.2) is 23.6 Å². The molecule has 0 aliphatic rings. The van der Waals surface area contributed by atoms with E-state index < -0.39 is 5.97 Å². The molecule has 0 N–H and O–H groups in total. The Morgan fingerprint density at radius 2 is 1.70 bits per heavy atom. The van der Waals surface area contributed by atoms with Gasteiger partial charge in [-0.3, -0.25) is 9.36 Å². The molecule has 0 fully saturated rings. The number of ether oxygens (including phenoxy) is 1. The van der Waals surface area contributed by atoms with Crippen molar-refractivity contribution in [2.24, 2.45) is 0 Å². The number of aryl methyl sites for hydroxylation is 1. The van der Waals surface area contributed by atoms with Crippen molar-refractivity contribution >= 4 is 22.8 Å². The van der Waals surface area contributed by atoms with Crippen LogP contribution in [0.25, 0.3) is 10.9 Å². The second-order valence-electron chi connectivity index (χ2n) is 5.30. The van der Waals surface area contributed by atoms with Gasteiger partial charge in [-0.1, -0.05) is 48.5 Å². The molecule has 4 nitrogen and oxygen atoms in total. The first-order valence-electron chi connectivity index (χ1n) is 7.46. The molecule has 23 heavy (non-hydrogen) atoms. The lowest BCUT2D eigenvalue weighted by atomic mass is 10.1. The van der Waals surface area contributed by atoms with Gasteiger partial charge in [-0.2, -0.15) is 0 Å². The molecule has 0 spiro atoms. The number of aromatic nitrogens is 1. The quantitative estimate of drug-likeness (QED) is 0.690. The molecular formula is C19H17NO3. The van der Waals surface area contributed by atoms with Gasteiger partial charge in [-0.05, 0) is 18.1 Å². The van der Waals surface area contributed by atoms with E-state index in [1.165, 1.54) is 7.11 Å². The number of hydrogen-bond acceptors (Lipinski definition) is 3. The SMILES string of the molecule is COC(=O)c1cn(C(=O)CCc2ccccc2)c2ccccc12. The number of hydrogen-bond donors (Lipinski definition) is 0. The highest BCUT2D eigenvalue weighted by molar-refractivity contribution is 6.07. The van der Waals surface area contributed by atoms with E-state index in [-0.39, 0.29) is 5.91 Å². The highest BCUT2D eigenvalue weighted by Gasteiger charge is 2.18. The normalized spacial score (nSPS) is 10.7. The molecule has 0 aliphatic carbocycles. The van der Waals surface area contributed by atoms with Gasteiger partial charge in [0.05, 0.1) is 18.2 Å². The Hall–Kier alpha value is -2.88. The Bertz CT molecular complexity index is 849.